The van der Waals surface area contributed by atoms with Crippen LogP contribution in [-0.2, 0) is 19.4 Å². The number of fused-ring (bicyclic) bond motifs is 1. The predicted molar refractivity (Wildman–Crippen MR) is 157 cm³/mol. The second-order valence-corrected chi connectivity index (χ2v) is 10.9. The fourth-order valence-corrected chi connectivity index (χ4v) is 6.23. The molecule has 0 saturated carbocycles. The van der Waals surface area contributed by atoms with Gasteiger partial charge in [0.1, 0.15) is 11.6 Å². The Bertz CT molecular complexity index is 1560. The molecular formula is C30H25BrN4O3S. The molecule has 0 aliphatic heterocycles. The molecule has 0 spiro atoms. The van der Waals surface area contributed by atoms with E-state index in [9.17, 15) is 4.79 Å². The molecule has 4 aromatic rings. The van der Waals surface area contributed by atoms with Crippen molar-refractivity contribution in [3.63, 3.8) is 0 Å². The van der Waals surface area contributed by atoms with Crippen LogP contribution in [-0.4, -0.2) is 24.2 Å². The Morgan fingerprint density at radius 1 is 1.23 bits per heavy atom. The van der Waals surface area contributed by atoms with Crippen LogP contribution in [0.3, 0.4) is 0 Å². The smallest absolute Gasteiger partial charge is 0.259 e. The van der Waals surface area contributed by atoms with Crippen LogP contribution in [0.4, 0.5) is 10.7 Å². The third-order valence-electron chi connectivity index (χ3n) is 6.35. The van der Waals surface area contributed by atoms with Crippen molar-refractivity contribution in [3.8, 4) is 17.6 Å². The molecule has 0 radical (unpaired) electrons. The van der Waals surface area contributed by atoms with E-state index in [4.69, 9.17) is 19.7 Å². The van der Waals surface area contributed by atoms with E-state index in [-0.39, 0.29) is 5.91 Å². The number of carbonyl (C=O) groups is 1. The van der Waals surface area contributed by atoms with Crippen molar-refractivity contribution in [2.45, 2.75) is 32.3 Å². The average molecular weight is 602 g/mol. The minimum Gasteiger partial charge on any atom is -0.493 e. The van der Waals surface area contributed by atoms with Crippen LogP contribution >= 0.6 is 27.3 Å². The number of ether oxygens (including phenoxy) is 2. The molecule has 1 amide bonds. The summed E-state index contributed by atoms with van der Waals surface area (Å²) < 4.78 is 12.4. The molecule has 196 valence electrons. The zero-order valence-electron chi connectivity index (χ0n) is 21.2. The summed E-state index contributed by atoms with van der Waals surface area (Å²) in [5.41, 5.74) is 4.74. The highest BCUT2D eigenvalue weighted by Gasteiger charge is 2.25. The van der Waals surface area contributed by atoms with E-state index in [1.54, 1.807) is 55.3 Å². The highest BCUT2D eigenvalue weighted by Crippen LogP contribution is 2.41. The molecule has 1 aliphatic rings. The number of carbonyl (C=O) groups excluding carboxylic acids is 1. The van der Waals surface area contributed by atoms with Crippen molar-refractivity contribution in [1.29, 1.82) is 5.26 Å². The van der Waals surface area contributed by atoms with Gasteiger partial charge in [-0.2, -0.15) is 5.26 Å². The Kier molecular flexibility index (Phi) is 8.35. The molecule has 0 unspecified atom stereocenters. The normalized spacial score (nSPS) is 12.5. The van der Waals surface area contributed by atoms with Crippen molar-refractivity contribution < 1.29 is 14.3 Å². The zero-order chi connectivity index (χ0) is 27.2. The van der Waals surface area contributed by atoms with Gasteiger partial charge in [-0.05, 0) is 94.7 Å². The standard InChI is InChI=1S/C30H25BrN4O3S/c1-37-25-14-21(13-24(31)28(25)38-18-20-10-8-19(15-32)9-11-20)16-34-30-27(23-6-2-3-7-26(23)39-30)29(36)35-22-5-4-12-33-17-22/h4-5,8-14,16-17H,2-3,6-7,18H2,1H3,(H,35,36). The molecule has 1 aliphatic carbocycles. The number of hydrogen-bond donors (Lipinski definition) is 1. The summed E-state index contributed by atoms with van der Waals surface area (Å²) in [6.07, 6.45) is 9.08. The van der Waals surface area contributed by atoms with E-state index in [2.05, 4.69) is 32.3 Å². The van der Waals surface area contributed by atoms with Gasteiger partial charge in [-0.3, -0.25) is 9.78 Å². The van der Waals surface area contributed by atoms with E-state index >= 15 is 0 Å². The van der Waals surface area contributed by atoms with Gasteiger partial charge in [-0.25, -0.2) is 4.99 Å². The molecule has 0 saturated heterocycles. The first-order valence-electron chi connectivity index (χ1n) is 12.4. The number of nitrogens with zero attached hydrogens (tertiary/aromatic N) is 3. The summed E-state index contributed by atoms with van der Waals surface area (Å²) in [6, 6.07) is 16.7. The van der Waals surface area contributed by atoms with Gasteiger partial charge in [0.15, 0.2) is 11.5 Å². The lowest BCUT2D eigenvalue weighted by Crippen LogP contribution is -2.14. The molecule has 0 atom stereocenters. The first-order valence-corrected chi connectivity index (χ1v) is 14.1. The van der Waals surface area contributed by atoms with Crippen LogP contribution in [0.1, 0.15) is 50.3 Å². The highest BCUT2D eigenvalue weighted by molar-refractivity contribution is 9.10. The molecule has 2 aromatic heterocycles. The number of amides is 1. The number of aliphatic imine (C=N–C) groups is 1. The summed E-state index contributed by atoms with van der Waals surface area (Å²) in [7, 11) is 1.59. The Labute approximate surface area is 239 Å². The number of aromatic nitrogens is 1. The number of anilines is 1. The van der Waals surface area contributed by atoms with Gasteiger partial charge in [0.25, 0.3) is 5.91 Å². The number of nitriles is 1. The number of aryl methyl sites for hydroxylation is 1. The van der Waals surface area contributed by atoms with Crippen molar-refractivity contribution >= 4 is 50.1 Å². The first-order chi connectivity index (χ1) is 19.1. The predicted octanol–water partition coefficient (Wildman–Crippen LogP) is 7.25. The maximum absolute atomic E-state index is 13.3. The fourth-order valence-electron chi connectivity index (χ4n) is 4.43. The summed E-state index contributed by atoms with van der Waals surface area (Å²) in [6.45, 7) is 0.324. The van der Waals surface area contributed by atoms with Crippen LogP contribution in [0.2, 0.25) is 0 Å². The summed E-state index contributed by atoms with van der Waals surface area (Å²) in [5.74, 6) is 0.960. The van der Waals surface area contributed by atoms with Gasteiger partial charge in [0, 0.05) is 17.3 Å². The molecule has 9 heteroatoms. The first kappa shape index (κ1) is 26.6. The quantitative estimate of drug-likeness (QED) is 0.215. The topological polar surface area (TPSA) is 96.6 Å². The van der Waals surface area contributed by atoms with Crippen LogP contribution in [0, 0.1) is 11.3 Å². The van der Waals surface area contributed by atoms with Crippen molar-refractivity contribution in [2.75, 3.05) is 12.4 Å². The molecule has 39 heavy (non-hydrogen) atoms. The van der Waals surface area contributed by atoms with Crippen molar-refractivity contribution in [1.82, 2.24) is 4.98 Å². The Morgan fingerprint density at radius 2 is 2.05 bits per heavy atom. The van der Waals surface area contributed by atoms with Gasteiger partial charge in [0.2, 0.25) is 0 Å². The zero-order valence-corrected chi connectivity index (χ0v) is 23.6. The van der Waals surface area contributed by atoms with Crippen LogP contribution in [0.15, 0.2) is 70.4 Å². The highest BCUT2D eigenvalue weighted by atomic mass is 79.9. The van der Waals surface area contributed by atoms with Gasteiger partial charge in [0.05, 0.1) is 40.7 Å². The lowest BCUT2D eigenvalue weighted by molar-refractivity contribution is 0.102. The van der Waals surface area contributed by atoms with Crippen molar-refractivity contribution in [2.24, 2.45) is 4.99 Å². The molecule has 0 bridgehead atoms. The molecule has 7 nitrogen and oxygen atoms in total. The number of nitrogens with one attached hydrogen (secondary N) is 1. The van der Waals surface area contributed by atoms with E-state index in [0.29, 0.717) is 39.9 Å². The van der Waals surface area contributed by atoms with Crippen molar-refractivity contribution in [3.05, 3.63) is 98.1 Å². The number of methoxy groups -OCH3 is 1. The summed E-state index contributed by atoms with van der Waals surface area (Å²) in [5, 5.41) is 12.7. The molecule has 0 fully saturated rings. The Hall–Kier alpha value is -4.00. The number of benzene rings is 2. The van der Waals surface area contributed by atoms with Crippen LogP contribution < -0.4 is 14.8 Å². The minimum atomic E-state index is -0.167. The van der Waals surface area contributed by atoms with Gasteiger partial charge in [-0.1, -0.05) is 12.1 Å². The lowest BCUT2D eigenvalue weighted by atomic mass is 9.95. The van der Waals surface area contributed by atoms with E-state index in [1.807, 2.05) is 30.3 Å². The number of thiophene rings is 1. The number of pyridine rings is 1. The van der Waals surface area contributed by atoms with E-state index in [1.165, 1.54) is 4.88 Å². The molecule has 2 heterocycles. The lowest BCUT2D eigenvalue weighted by Gasteiger charge is -2.14. The molecule has 1 N–H and O–H groups in total. The molecule has 5 rings (SSSR count). The number of halogens is 1. The SMILES string of the molecule is COc1cc(C=Nc2sc3c(c2C(=O)Nc2cccnc2)CCCC3)cc(Br)c1OCc1ccc(C#N)cc1. The minimum absolute atomic E-state index is 0.167. The second-order valence-electron chi connectivity index (χ2n) is 8.98. The second kappa shape index (κ2) is 12.2. The molecule has 2 aromatic carbocycles. The van der Waals surface area contributed by atoms with Crippen LogP contribution in [0.5, 0.6) is 11.5 Å². The fraction of sp³-hybridized carbons (Fsp3) is 0.200. The van der Waals surface area contributed by atoms with Gasteiger partial charge in [-0.15, -0.1) is 11.3 Å². The largest absolute Gasteiger partial charge is 0.493 e. The third-order valence-corrected chi connectivity index (χ3v) is 8.14. The monoisotopic (exact) mass is 600 g/mol. The maximum atomic E-state index is 13.3. The maximum Gasteiger partial charge on any atom is 0.259 e. The average Bonchev–Trinajstić information content (AvgIpc) is 3.34. The van der Waals surface area contributed by atoms with E-state index < -0.39 is 0 Å². The third kappa shape index (κ3) is 6.19. The van der Waals surface area contributed by atoms with Gasteiger partial charge < -0.3 is 14.8 Å². The van der Waals surface area contributed by atoms with Gasteiger partial charge >= 0.3 is 0 Å². The summed E-state index contributed by atoms with van der Waals surface area (Å²) in [4.78, 5) is 23.4. The summed E-state index contributed by atoms with van der Waals surface area (Å²) >= 11 is 5.19. The Morgan fingerprint density at radius 3 is 2.79 bits per heavy atom. The van der Waals surface area contributed by atoms with E-state index in [0.717, 1.165) is 46.8 Å². The number of hydrogen-bond acceptors (Lipinski definition) is 7. The molecular weight excluding hydrogens is 576 g/mol. The van der Waals surface area contributed by atoms with Crippen LogP contribution in [0.25, 0.3) is 0 Å². The number of rotatable bonds is 8. The Balaban J connectivity index is 1.39.